The number of rotatable bonds is 5. The number of esters is 1. The molecule has 0 saturated heterocycles. The van der Waals surface area contributed by atoms with Gasteiger partial charge in [-0.2, -0.15) is 0 Å². The Hall–Kier alpha value is -2.66. The summed E-state index contributed by atoms with van der Waals surface area (Å²) < 4.78 is 24.0. The Labute approximate surface area is 154 Å². The van der Waals surface area contributed by atoms with Crippen LogP contribution in [-0.4, -0.2) is 5.97 Å². The van der Waals surface area contributed by atoms with Crippen LogP contribution in [0.1, 0.15) is 23.6 Å². The first-order chi connectivity index (χ1) is 12.5. The zero-order chi connectivity index (χ0) is 18.7. The highest BCUT2D eigenvalue weighted by molar-refractivity contribution is 6.32. The lowest BCUT2D eigenvalue weighted by molar-refractivity contribution is -0.144. The van der Waals surface area contributed by atoms with Gasteiger partial charge < -0.3 is 9.15 Å². The average molecular weight is 375 g/mol. The normalized spacial score (nSPS) is 10.9. The second-order valence-electron chi connectivity index (χ2n) is 5.81. The van der Waals surface area contributed by atoms with E-state index in [0.717, 1.165) is 5.56 Å². The number of ether oxygens (including phenoxy) is 1. The van der Waals surface area contributed by atoms with Crippen molar-refractivity contribution in [3.8, 4) is 0 Å². The first-order valence-corrected chi connectivity index (χ1v) is 8.50. The standard InChI is InChI=1S/C20H16ClFO4/c1-2-12-7-18-15(10-16(12)21)14(9-20(24)26-18)11-25-19(23)8-13-5-3-4-6-17(13)22/h3-7,9-10H,2,8,11H2,1H3. The number of fused-ring (bicyclic) bond motifs is 1. The van der Waals surface area contributed by atoms with Crippen molar-refractivity contribution in [1.29, 1.82) is 0 Å². The molecule has 1 heterocycles. The lowest BCUT2D eigenvalue weighted by Gasteiger charge is -2.09. The number of hydrogen-bond acceptors (Lipinski definition) is 4. The zero-order valence-corrected chi connectivity index (χ0v) is 14.8. The molecule has 1 aromatic heterocycles. The third kappa shape index (κ3) is 3.94. The fraction of sp³-hybridized carbons (Fsp3) is 0.200. The molecule has 0 bridgehead atoms. The summed E-state index contributed by atoms with van der Waals surface area (Å²) in [6.45, 7) is 1.82. The van der Waals surface area contributed by atoms with Gasteiger partial charge >= 0.3 is 11.6 Å². The molecule has 0 amide bonds. The molecule has 0 aliphatic rings. The fourth-order valence-corrected chi connectivity index (χ4v) is 2.98. The van der Waals surface area contributed by atoms with E-state index >= 15 is 0 Å². The molecular weight excluding hydrogens is 359 g/mol. The second kappa shape index (κ2) is 7.70. The van der Waals surface area contributed by atoms with Gasteiger partial charge in [0.15, 0.2) is 0 Å². The van der Waals surface area contributed by atoms with Crippen molar-refractivity contribution in [1.82, 2.24) is 0 Å². The largest absolute Gasteiger partial charge is 0.461 e. The van der Waals surface area contributed by atoms with Crippen molar-refractivity contribution >= 4 is 28.5 Å². The first kappa shape index (κ1) is 18.1. The Morgan fingerprint density at radius 1 is 1.15 bits per heavy atom. The summed E-state index contributed by atoms with van der Waals surface area (Å²) >= 11 is 6.23. The van der Waals surface area contributed by atoms with Crippen molar-refractivity contribution in [3.05, 3.63) is 80.4 Å². The van der Waals surface area contributed by atoms with Crippen molar-refractivity contribution < 1.29 is 18.3 Å². The van der Waals surface area contributed by atoms with Crippen LogP contribution in [0.4, 0.5) is 4.39 Å². The summed E-state index contributed by atoms with van der Waals surface area (Å²) in [5.74, 6) is -1.05. The molecule has 0 unspecified atom stereocenters. The van der Waals surface area contributed by atoms with Gasteiger partial charge in [-0.3, -0.25) is 4.79 Å². The minimum atomic E-state index is -0.590. The van der Waals surface area contributed by atoms with E-state index in [2.05, 4.69) is 0 Å². The van der Waals surface area contributed by atoms with E-state index in [-0.39, 0.29) is 18.6 Å². The van der Waals surface area contributed by atoms with E-state index in [0.29, 0.717) is 28.0 Å². The van der Waals surface area contributed by atoms with Gasteiger partial charge in [-0.25, -0.2) is 9.18 Å². The summed E-state index contributed by atoms with van der Waals surface area (Å²) in [6, 6.07) is 10.7. The van der Waals surface area contributed by atoms with Crippen LogP contribution < -0.4 is 5.63 Å². The lowest BCUT2D eigenvalue weighted by atomic mass is 10.1. The topological polar surface area (TPSA) is 56.5 Å². The van der Waals surface area contributed by atoms with Gasteiger partial charge in [-0.1, -0.05) is 36.7 Å². The van der Waals surface area contributed by atoms with Gasteiger partial charge in [-0.15, -0.1) is 0 Å². The van der Waals surface area contributed by atoms with Gasteiger partial charge in [0.1, 0.15) is 18.0 Å². The highest BCUT2D eigenvalue weighted by atomic mass is 35.5. The van der Waals surface area contributed by atoms with Crippen LogP contribution >= 0.6 is 11.6 Å². The zero-order valence-electron chi connectivity index (χ0n) is 14.1. The Bertz CT molecular complexity index is 1030. The molecule has 26 heavy (non-hydrogen) atoms. The molecular formula is C20H16ClFO4. The minimum absolute atomic E-state index is 0.128. The van der Waals surface area contributed by atoms with E-state index in [1.54, 1.807) is 24.3 Å². The summed E-state index contributed by atoms with van der Waals surface area (Å²) in [5, 5.41) is 1.15. The van der Waals surface area contributed by atoms with E-state index in [4.69, 9.17) is 20.8 Å². The van der Waals surface area contributed by atoms with Gasteiger partial charge in [0.2, 0.25) is 0 Å². The molecule has 134 valence electrons. The Balaban J connectivity index is 1.82. The number of aryl methyl sites for hydroxylation is 1. The van der Waals surface area contributed by atoms with Crippen LogP contribution in [0.2, 0.25) is 5.02 Å². The molecule has 3 aromatic rings. The summed E-state index contributed by atoms with van der Waals surface area (Å²) in [4.78, 5) is 23.8. The molecule has 0 radical (unpaired) electrons. The highest BCUT2D eigenvalue weighted by Crippen LogP contribution is 2.26. The molecule has 0 aliphatic heterocycles. The smallest absolute Gasteiger partial charge is 0.336 e. The SMILES string of the molecule is CCc1cc2oc(=O)cc(COC(=O)Cc3ccccc3F)c2cc1Cl. The number of carbonyl (C=O) groups is 1. The van der Waals surface area contributed by atoms with Gasteiger partial charge in [0, 0.05) is 22.0 Å². The summed E-state index contributed by atoms with van der Waals surface area (Å²) in [6.07, 6.45) is 0.507. The second-order valence-corrected chi connectivity index (χ2v) is 6.22. The lowest BCUT2D eigenvalue weighted by Crippen LogP contribution is -2.10. The minimum Gasteiger partial charge on any atom is -0.461 e. The van der Waals surface area contributed by atoms with Crippen molar-refractivity contribution in [2.24, 2.45) is 0 Å². The maximum atomic E-state index is 13.6. The summed E-state index contributed by atoms with van der Waals surface area (Å²) in [5.41, 5.74) is 1.45. The quantitative estimate of drug-likeness (QED) is 0.489. The van der Waals surface area contributed by atoms with Crippen molar-refractivity contribution in [2.75, 3.05) is 0 Å². The van der Waals surface area contributed by atoms with Gasteiger partial charge in [0.25, 0.3) is 0 Å². The molecule has 0 saturated carbocycles. The third-order valence-electron chi connectivity index (χ3n) is 4.06. The summed E-state index contributed by atoms with van der Waals surface area (Å²) in [7, 11) is 0. The predicted molar refractivity (Wildman–Crippen MR) is 96.8 cm³/mol. The molecule has 0 spiro atoms. The molecule has 0 aliphatic carbocycles. The van der Waals surface area contributed by atoms with Crippen LogP contribution in [0.15, 0.2) is 51.7 Å². The molecule has 0 fully saturated rings. The molecule has 0 N–H and O–H groups in total. The highest BCUT2D eigenvalue weighted by Gasteiger charge is 2.13. The number of carbonyl (C=O) groups excluding carboxylic acids is 1. The fourth-order valence-electron chi connectivity index (χ4n) is 2.69. The van der Waals surface area contributed by atoms with Gasteiger partial charge in [0.05, 0.1) is 6.42 Å². The maximum Gasteiger partial charge on any atom is 0.336 e. The molecule has 2 aromatic carbocycles. The van der Waals surface area contributed by atoms with Crippen LogP contribution in [0.25, 0.3) is 11.0 Å². The number of halogens is 2. The average Bonchev–Trinajstić information content (AvgIpc) is 2.61. The molecule has 4 nitrogen and oxygen atoms in total. The van der Waals surface area contributed by atoms with E-state index in [9.17, 15) is 14.0 Å². The van der Waals surface area contributed by atoms with E-state index in [1.165, 1.54) is 18.2 Å². The molecule has 6 heteroatoms. The Morgan fingerprint density at radius 2 is 1.92 bits per heavy atom. The molecule has 3 rings (SSSR count). The van der Waals surface area contributed by atoms with Crippen LogP contribution in [0.3, 0.4) is 0 Å². The molecule has 0 atom stereocenters. The first-order valence-electron chi connectivity index (χ1n) is 8.12. The van der Waals surface area contributed by atoms with Crippen LogP contribution in [0.5, 0.6) is 0 Å². The predicted octanol–water partition coefficient (Wildman–Crippen LogP) is 4.43. The van der Waals surface area contributed by atoms with Crippen molar-refractivity contribution in [3.63, 3.8) is 0 Å². The Kier molecular flexibility index (Phi) is 5.38. The van der Waals surface area contributed by atoms with Crippen LogP contribution in [-0.2, 0) is 29.0 Å². The van der Waals surface area contributed by atoms with Crippen molar-refractivity contribution in [2.45, 2.75) is 26.4 Å². The maximum absolute atomic E-state index is 13.6. The monoisotopic (exact) mass is 374 g/mol. The van der Waals surface area contributed by atoms with E-state index < -0.39 is 17.4 Å². The van der Waals surface area contributed by atoms with E-state index in [1.807, 2.05) is 6.92 Å². The van der Waals surface area contributed by atoms with Gasteiger partial charge in [-0.05, 0) is 35.7 Å². The number of benzene rings is 2. The number of hydrogen-bond donors (Lipinski definition) is 0. The van der Waals surface area contributed by atoms with Crippen LogP contribution in [0, 0.1) is 5.82 Å². The Morgan fingerprint density at radius 3 is 2.65 bits per heavy atom. The third-order valence-corrected chi connectivity index (χ3v) is 4.41.